The summed E-state index contributed by atoms with van der Waals surface area (Å²) in [5.41, 5.74) is 0.546. The van der Waals surface area contributed by atoms with Crippen LogP contribution in [0.2, 0.25) is 0 Å². The molecule has 1 rings (SSSR count). The monoisotopic (exact) mass is 230 g/mol. The minimum absolute atomic E-state index is 0.128. The molecule has 0 N–H and O–H groups in total. The van der Waals surface area contributed by atoms with Gasteiger partial charge >= 0.3 is 6.43 Å². The summed E-state index contributed by atoms with van der Waals surface area (Å²) in [6.45, 7) is 1.73. The largest absolute Gasteiger partial charge is 0.496 e. The fourth-order valence-electron chi connectivity index (χ4n) is 1.36. The molecule has 0 radical (unpaired) electrons. The molecule has 0 spiro atoms. The van der Waals surface area contributed by atoms with Crippen molar-refractivity contribution in [2.75, 3.05) is 14.2 Å². The zero-order valence-corrected chi connectivity index (χ0v) is 9.21. The highest BCUT2D eigenvalue weighted by atomic mass is 19.3. The SMILES string of the molecule is COc1cc(C(=O)C(F)F)c(OC)cc1C. The average Bonchev–Trinajstić information content (AvgIpc) is 2.27. The van der Waals surface area contributed by atoms with Crippen LogP contribution in [0.15, 0.2) is 12.1 Å². The molecule has 0 unspecified atom stereocenters. The topological polar surface area (TPSA) is 35.5 Å². The van der Waals surface area contributed by atoms with Crippen LogP contribution in [0, 0.1) is 6.92 Å². The molecule has 88 valence electrons. The molecular weight excluding hydrogens is 218 g/mol. The van der Waals surface area contributed by atoms with Gasteiger partial charge in [-0.05, 0) is 24.6 Å². The molecule has 0 saturated carbocycles. The Morgan fingerprint density at radius 1 is 1.19 bits per heavy atom. The molecule has 0 aliphatic rings. The lowest BCUT2D eigenvalue weighted by molar-refractivity contribution is 0.0675. The number of hydrogen-bond acceptors (Lipinski definition) is 3. The van der Waals surface area contributed by atoms with Crippen molar-refractivity contribution in [2.24, 2.45) is 0 Å². The molecule has 16 heavy (non-hydrogen) atoms. The van der Waals surface area contributed by atoms with Crippen LogP contribution in [0.3, 0.4) is 0 Å². The minimum Gasteiger partial charge on any atom is -0.496 e. The van der Waals surface area contributed by atoms with E-state index in [1.165, 1.54) is 26.4 Å². The average molecular weight is 230 g/mol. The number of ether oxygens (including phenoxy) is 2. The maximum Gasteiger partial charge on any atom is 0.300 e. The highest BCUT2D eigenvalue weighted by molar-refractivity contribution is 6.01. The fourth-order valence-corrected chi connectivity index (χ4v) is 1.36. The lowest BCUT2D eigenvalue weighted by atomic mass is 10.1. The smallest absolute Gasteiger partial charge is 0.300 e. The van der Waals surface area contributed by atoms with E-state index in [-0.39, 0.29) is 11.3 Å². The van der Waals surface area contributed by atoms with Gasteiger partial charge in [0.25, 0.3) is 0 Å². The molecule has 0 fully saturated rings. The second-order valence-corrected chi connectivity index (χ2v) is 3.19. The molecule has 5 heteroatoms. The molecule has 0 atom stereocenters. The molecule has 0 bridgehead atoms. The molecule has 0 aliphatic carbocycles. The molecule has 0 amide bonds. The fraction of sp³-hybridized carbons (Fsp3) is 0.364. The number of aryl methyl sites for hydroxylation is 1. The number of methoxy groups -OCH3 is 2. The van der Waals surface area contributed by atoms with Crippen molar-refractivity contribution in [1.29, 1.82) is 0 Å². The summed E-state index contributed by atoms with van der Waals surface area (Å²) in [4.78, 5) is 11.2. The predicted molar refractivity (Wildman–Crippen MR) is 54.6 cm³/mol. The van der Waals surface area contributed by atoms with Crippen molar-refractivity contribution in [3.63, 3.8) is 0 Å². The third-order valence-corrected chi connectivity index (χ3v) is 2.18. The first-order chi connectivity index (χ1) is 7.51. The number of alkyl halides is 2. The van der Waals surface area contributed by atoms with E-state index in [0.717, 1.165) is 0 Å². The number of carbonyl (C=O) groups excluding carboxylic acids is 1. The number of ketones is 1. The van der Waals surface area contributed by atoms with Gasteiger partial charge in [0.15, 0.2) is 0 Å². The summed E-state index contributed by atoms with van der Waals surface area (Å²) in [6.07, 6.45) is -3.05. The number of carbonyl (C=O) groups is 1. The Hall–Kier alpha value is -1.65. The second-order valence-electron chi connectivity index (χ2n) is 3.19. The first-order valence-electron chi connectivity index (χ1n) is 4.56. The van der Waals surface area contributed by atoms with Gasteiger partial charge in [-0.25, -0.2) is 8.78 Å². The van der Waals surface area contributed by atoms with Crippen molar-refractivity contribution in [3.8, 4) is 11.5 Å². The van der Waals surface area contributed by atoms with Crippen molar-refractivity contribution >= 4 is 5.78 Å². The van der Waals surface area contributed by atoms with Gasteiger partial charge in [-0.3, -0.25) is 4.79 Å². The number of halogens is 2. The zero-order valence-electron chi connectivity index (χ0n) is 9.21. The van der Waals surface area contributed by atoms with Gasteiger partial charge < -0.3 is 9.47 Å². The van der Waals surface area contributed by atoms with Gasteiger partial charge in [-0.15, -0.1) is 0 Å². The molecule has 0 aromatic heterocycles. The first-order valence-corrected chi connectivity index (χ1v) is 4.56. The molecule has 1 aromatic rings. The van der Waals surface area contributed by atoms with E-state index in [2.05, 4.69) is 0 Å². The summed E-state index contributed by atoms with van der Waals surface area (Å²) >= 11 is 0. The summed E-state index contributed by atoms with van der Waals surface area (Å²) in [7, 11) is 2.73. The van der Waals surface area contributed by atoms with Crippen LogP contribution in [0.4, 0.5) is 8.78 Å². The molecular formula is C11H12F2O3. The van der Waals surface area contributed by atoms with Gasteiger partial charge in [0.2, 0.25) is 5.78 Å². The Morgan fingerprint density at radius 2 is 1.75 bits per heavy atom. The van der Waals surface area contributed by atoms with E-state index < -0.39 is 12.2 Å². The van der Waals surface area contributed by atoms with Crippen LogP contribution in [0.1, 0.15) is 15.9 Å². The number of hydrogen-bond donors (Lipinski definition) is 0. The molecule has 0 saturated heterocycles. The van der Waals surface area contributed by atoms with Gasteiger partial charge in [0, 0.05) is 0 Å². The highest BCUT2D eigenvalue weighted by Gasteiger charge is 2.23. The summed E-state index contributed by atoms with van der Waals surface area (Å²) in [6, 6.07) is 2.76. The minimum atomic E-state index is -3.05. The van der Waals surface area contributed by atoms with E-state index in [1.807, 2.05) is 0 Å². The Morgan fingerprint density at radius 3 is 2.19 bits per heavy atom. The van der Waals surface area contributed by atoms with Gasteiger partial charge in [-0.1, -0.05) is 0 Å². The van der Waals surface area contributed by atoms with E-state index in [1.54, 1.807) is 6.92 Å². The maximum atomic E-state index is 12.3. The Balaban J connectivity index is 3.30. The standard InChI is InChI=1S/C11H12F2O3/c1-6-4-9(16-3)7(5-8(6)15-2)10(14)11(12)13/h4-5,11H,1-3H3. The summed E-state index contributed by atoms with van der Waals surface area (Å²) in [5, 5.41) is 0. The Bertz CT molecular complexity index is 402. The third-order valence-electron chi connectivity index (χ3n) is 2.18. The maximum absolute atomic E-state index is 12.3. The van der Waals surface area contributed by atoms with Crippen molar-refractivity contribution < 1.29 is 23.0 Å². The van der Waals surface area contributed by atoms with Gasteiger partial charge in [0.05, 0.1) is 19.8 Å². The van der Waals surface area contributed by atoms with Crippen LogP contribution in [0.5, 0.6) is 11.5 Å². The van der Waals surface area contributed by atoms with E-state index in [0.29, 0.717) is 11.3 Å². The molecule has 3 nitrogen and oxygen atoms in total. The molecule has 1 aromatic carbocycles. The zero-order chi connectivity index (χ0) is 12.3. The number of rotatable bonds is 4. The third kappa shape index (κ3) is 2.29. The van der Waals surface area contributed by atoms with Crippen LogP contribution in [-0.2, 0) is 0 Å². The van der Waals surface area contributed by atoms with Crippen LogP contribution < -0.4 is 9.47 Å². The van der Waals surface area contributed by atoms with Crippen molar-refractivity contribution in [1.82, 2.24) is 0 Å². The quantitative estimate of drug-likeness (QED) is 0.745. The summed E-state index contributed by atoms with van der Waals surface area (Å²) in [5.74, 6) is -0.761. The second kappa shape index (κ2) is 4.92. The first kappa shape index (κ1) is 12.4. The molecule has 0 heterocycles. The van der Waals surface area contributed by atoms with E-state index in [9.17, 15) is 13.6 Å². The highest BCUT2D eigenvalue weighted by Crippen LogP contribution is 2.29. The van der Waals surface area contributed by atoms with E-state index >= 15 is 0 Å². The predicted octanol–water partition coefficient (Wildman–Crippen LogP) is 2.46. The van der Waals surface area contributed by atoms with Gasteiger partial charge in [0.1, 0.15) is 11.5 Å². The lowest BCUT2D eigenvalue weighted by Gasteiger charge is -2.11. The number of benzene rings is 1. The molecule has 0 aliphatic heterocycles. The van der Waals surface area contributed by atoms with Crippen molar-refractivity contribution in [2.45, 2.75) is 13.3 Å². The Labute approximate surface area is 92.0 Å². The van der Waals surface area contributed by atoms with Gasteiger partial charge in [-0.2, -0.15) is 0 Å². The van der Waals surface area contributed by atoms with Crippen LogP contribution >= 0.6 is 0 Å². The van der Waals surface area contributed by atoms with Crippen LogP contribution in [-0.4, -0.2) is 26.4 Å². The van der Waals surface area contributed by atoms with E-state index in [4.69, 9.17) is 9.47 Å². The normalized spacial score (nSPS) is 10.4. The van der Waals surface area contributed by atoms with Crippen LogP contribution in [0.25, 0.3) is 0 Å². The summed E-state index contributed by atoms with van der Waals surface area (Å²) < 4.78 is 34.5. The van der Waals surface area contributed by atoms with Crippen molar-refractivity contribution in [3.05, 3.63) is 23.3 Å². The lowest BCUT2D eigenvalue weighted by Crippen LogP contribution is -2.12. The Kier molecular flexibility index (Phi) is 3.82. The number of Topliss-reactive ketones (excluding diaryl/α,β-unsaturated/α-hetero) is 1.